The van der Waals surface area contributed by atoms with Crippen LogP contribution in [0.3, 0.4) is 0 Å². The minimum atomic E-state index is -4.94. The number of piperazine rings is 1. The molecule has 1 fully saturated rings. The molecule has 228 valence electrons. The topological polar surface area (TPSA) is 97.5 Å². The van der Waals surface area contributed by atoms with E-state index in [1.165, 1.54) is 12.1 Å². The highest BCUT2D eigenvalue weighted by Crippen LogP contribution is 2.37. The molecule has 0 spiro atoms. The number of nitrogens with zero attached hydrogens (tertiary/aromatic N) is 5. The quantitative estimate of drug-likeness (QED) is 0.410. The molecule has 2 aromatic heterocycles. The van der Waals surface area contributed by atoms with E-state index < -0.39 is 34.6 Å². The third-order valence-corrected chi connectivity index (χ3v) is 8.06. The van der Waals surface area contributed by atoms with Crippen LogP contribution in [-0.2, 0) is 6.18 Å². The molecule has 43 heavy (non-hydrogen) atoms. The Labute approximate surface area is 246 Å². The molecule has 0 saturated carbocycles. The van der Waals surface area contributed by atoms with Gasteiger partial charge in [0, 0.05) is 68.5 Å². The van der Waals surface area contributed by atoms with Crippen LogP contribution in [0.4, 0.5) is 34.9 Å². The first-order valence-electron chi connectivity index (χ1n) is 14.0. The van der Waals surface area contributed by atoms with Crippen LogP contribution in [0.25, 0.3) is 5.57 Å². The number of aryl methyl sites for hydroxylation is 1. The SMILES string of the molecule is Cc1cnc(N2CCC=C(c3cc(NC(=O)c4c[nH]c(=O)cc4C(F)(F)F)c(N4CC(C)N(C)C(C)C4)cc3F)C2)nc1. The van der Waals surface area contributed by atoms with Crippen molar-refractivity contribution in [2.75, 3.05) is 48.3 Å². The number of amides is 1. The first kappa shape index (κ1) is 30.2. The molecule has 5 rings (SSSR count). The number of aromatic nitrogens is 3. The van der Waals surface area contributed by atoms with Gasteiger partial charge in [-0.3, -0.25) is 14.5 Å². The van der Waals surface area contributed by atoms with Crippen LogP contribution in [0.15, 0.2) is 47.7 Å². The van der Waals surface area contributed by atoms with Gasteiger partial charge in [-0.15, -0.1) is 0 Å². The summed E-state index contributed by atoms with van der Waals surface area (Å²) in [7, 11) is 1.99. The minimum absolute atomic E-state index is 0.0928. The fraction of sp³-hybridized carbons (Fsp3) is 0.400. The second-order valence-corrected chi connectivity index (χ2v) is 11.2. The van der Waals surface area contributed by atoms with E-state index >= 15 is 4.39 Å². The lowest BCUT2D eigenvalue weighted by Gasteiger charge is -2.44. The van der Waals surface area contributed by atoms with Gasteiger partial charge in [0.25, 0.3) is 5.91 Å². The van der Waals surface area contributed by atoms with Gasteiger partial charge in [-0.1, -0.05) is 6.08 Å². The summed E-state index contributed by atoms with van der Waals surface area (Å²) in [5.41, 5.74) is -0.822. The molecule has 9 nitrogen and oxygen atoms in total. The van der Waals surface area contributed by atoms with E-state index in [4.69, 9.17) is 0 Å². The van der Waals surface area contributed by atoms with Crippen molar-refractivity contribution in [1.29, 1.82) is 0 Å². The van der Waals surface area contributed by atoms with Gasteiger partial charge in [-0.25, -0.2) is 14.4 Å². The van der Waals surface area contributed by atoms with Crippen LogP contribution in [0.2, 0.25) is 0 Å². The highest BCUT2D eigenvalue weighted by Gasteiger charge is 2.36. The van der Waals surface area contributed by atoms with E-state index in [-0.39, 0.29) is 23.3 Å². The normalized spacial score (nSPS) is 19.8. The summed E-state index contributed by atoms with van der Waals surface area (Å²) in [6.07, 6.45) is 1.70. The molecule has 13 heteroatoms. The van der Waals surface area contributed by atoms with Crippen molar-refractivity contribution < 1.29 is 22.4 Å². The molecule has 2 atom stereocenters. The lowest BCUT2D eigenvalue weighted by Crippen LogP contribution is -2.55. The Balaban J connectivity index is 1.55. The van der Waals surface area contributed by atoms with Gasteiger partial charge in [0.1, 0.15) is 5.82 Å². The van der Waals surface area contributed by atoms with Gasteiger partial charge < -0.3 is 20.1 Å². The Bertz CT molecular complexity index is 1590. The van der Waals surface area contributed by atoms with Crippen LogP contribution < -0.4 is 20.7 Å². The molecule has 0 aliphatic carbocycles. The van der Waals surface area contributed by atoms with Gasteiger partial charge in [0.05, 0.1) is 22.5 Å². The van der Waals surface area contributed by atoms with Crippen molar-refractivity contribution in [3.05, 3.63) is 81.3 Å². The molecule has 2 aliphatic rings. The number of hydrogen-bond donors (Lipinski definition) is 2. The number of hydrogen-bond acceptors (Lipinski definition) is 7. The van der Waals surface area contributed by atoms with E-state index in [1.807, 2.05) is 43.7 Å². The van der Waals surface area contributed by atoms with Crippen molar-refractivity contribution in [1.82, 2.24) is 19.9 Å². The molecule has 2 aliphatic heterocycles. The Morgan fingerprint density at radius 3 is 2.40 bits per heavy atom. The lowest BCUT2D eigenvalue weighted by molar-refractivity contribution is -0.138. The molecule has 0 bridgehead atoms. The number of pyridine rings is 1. The van der Waals surface area contributed by atoms with Crippen molar-refractivity contribution >= 4 is 28.8 Å². The fourth-order valence-corrected chi connectivity index (χ4v) is 5.51. The molecule has 2 unspecified atom stereocenters. The number of aromatic amines is 1. The summed E-state index contributed by atoms with van der Waals surface area (Å²) >= 11 is 0. The van der Waals surface area contributed by atoms with Crippen LogP contribution in [0.5, 0.6) is 0 Å². The standard InChI is InChI=1S/C30H33F4N7O2/c1-17-11-36-29(37-12-17)40-7-5-6-20(16-40)21-8-25(26(10-24(21)31)41-14-18(2)39(4)19(3)15-41)38-28(43)22-13-35-27(42)9-23(22)30(32,33)34/h6,8-13,18-19H,5,7,14-16H2,1-4H3,(H,35,42)(H,38,43). The van der Waals surface area contributed by atoms with E-state index in [2.05, 4.69) is 25.2 Å². The van der Waals surface area contributed by atoms with Gasteiger partial charge in [-0.05, 0) is 57.5 Å². The summed E-state index contributed by atoms with van der Waals surface area (Å²) < 4.78 is 57.2. The number of benzene rings is 1. The highest BCUT2D eigenvalue weighted by atomic mass is 19.4. The molecule has 2 N–H and O–H groups in total. The Hall–Kier alpha value is -4.26. The number of nitrogens with one attached hydrogen (secondary N) is 2. The molecule has 0 radical (unpaired) electrons. The predicted molar refractivity (Wildman–Crippen MR) is 157 cm³/mol. The summed E-state index contributed by atoms with van der Waals surface area (Å²) in [6.45, 7) is 7.87. The lowest BCUT2D eigenvalue weighted by atomic mass is 9.98. The van der Waals surface area contributed by atoms with E-state index in [1.54, 1.807) is 12.4 Å². The average Bonchev–Trinajstić information content (AvgIpc) is 2.96. The largest absolute Gasteiger partial charge is 0.417 e. The van der Waals surface area contributed by atoms with Crippen LogP contribution >= 0.6 is 0 Å². The summed E-state index contributed by atoms with van der Waals surface area (Å²) in [6, 6.07) is 3.34. The maximum Gasteiger partial charge on any atom is 0.417 e. The Morgan fingerprint density at radius 2 is 1.74 bits per heavy atom. The number of carbonyl (C=O) groups excluding carboxylic acids is 1. The smallest absolute Gasteiger partial charge is 0.367 e. The average molecular weight is 600 g/mol. The number of halogens is 4. The number of anilines is 3. The van der Waals surface area contributed by atoms with E-state index in [9.17, 15) is 22.8 Å². The maximum atomic E-state index is 15.9. The summed E-state index contributed by atoms with van der Waals surface area (Å²) in [5.74, 6) is -1.10. The van der Waals surface area contributed by atoms with E-state index in [0.717, 1.165) is 11.8 Å². The number of H-pyrrole nitrogens is 1. The number of alkyl halides is 3. The molecule has 1 saturated heterocycles. The highest BCUT2D eigenvalue weighted by molar-refractivity contribution is 6.07. The van der Waals surface area contributed by atoms with Crippen molar-refractivity contribution in [3.8, 4) is 0 Å². The Morgan fingerprint density at radius 1 is 1.07 bits per heavy atom. The van der Waals surface area contributed by atoms with Crippen LogP contribution in [0.1, 0.15) is 47.3 Å². The third kappa shape index (κ3) is 6.41. The van der Waals surface area contributed by atoms with Crippen LogP contribution in [-0.4, -0.2) is 71.1 Å². The van der Waals surface area contributed by atoms with Gasteiger partial charge in [-0.2, -0.15) is 13.2 Å². The zero-order valence-corrected chi connectivity index (χ0v) is 24.3. The van der Waals surface area contributed by atoms with Crippen molar-refractivity contribution in [3.63, 3.8) is 0 Å². The van der Waals surface area contributed by atoms with Crippen molar-refractivity contribution in [2.24, 2.45) is 0 Å². The van der Waals surface area contributed by atoms with Gasteiger partial charge in [0.15, 0.2) is 0 Å². The number of carbonyl (C=O) groups is 1. The minimum Gasteiger partial charge on any atom is -0.367 e. The van der Waals surface area contributed by atoms with Gasteiger partial charge in [0.2, 0.25) is 11.5 Å². The summed E-state index contributed by atoms with van der Waals surface area (Å²) in [4.78, 5) is 42.0. The molecule has 4 heterocycles. The number of rotatable bonds is 5. The molecular formula is C30H33F4N7O2. The predicted octanol–water partition coefficient (Wildman–Crippen LogP) is 4.71. The van der Waals surface area contributed by atoms with Crippen LogP contribution in [0, 0.1) is 12.7 Å². The first-order valence-corrected chi connectivity index (χ1v) is 14.0. The zero-order valence-electron chi connectivity index (χ0n) is 24.3. The third-order valence-electron chi connectivity index (χ3n) is 8.06. The maximum absolute atomic E-state index is 15.9. The Kier molecular flexibility index (Phi) is 8.28. The molecule has 1 amide bonds. The van der Waals surface area contributed by atoms with Gasteiger partial charge >= 0.3 is 6.18 Å². The van der Waals surface area contributed by atoms with Crippen molar-refractivity contribution in [2.45, 2.75) is 45.5 Å². The number of likely N-dealkylation sites (N-methyl/N-ethyl adjacent to an activating group) is 1. The second-order valence-electron chi connectivity index (χ2n) is 11.2. The fourth-order valence-electron chi connectivity index (χ4n) is 5.51. The second kappa shape index (κ2) is 11.8. The monoisotopic (exact) mass is 599 g/mol. The molecule has 3 aromatic rings. The molecular weight excluding hydrogens is 566 g/mol. The first-order chi connectivity index (χ1) is 20.3. The van der Waals surface area contributed by atoms with E-state index in [0.29, 0.717) is 55.9 Å². The molecule has 1 aromatic carbocycles. The summed E-state index contributed by atoms with van der Waals surface area (Å²) in [5, 5.41) is 2.60. The zero-order chi connectivity index (χ0) is 31.1.